The molecule has 0 radical (unpaired) electrons. The second-order valence-corrected chi connectivity index (χ2v) is 7.90. The van der Waals surface area contributed by atoms with Crippen LogP contribution in [0, 0.1) is 17.3 Å². The standard InChI is InChI=1S/C16H28O3/c1-11(18-4)19-16-8-12-5-13(9-16)7-15(6-12,10-16)14(2,3)17/h11-13,17H,5-10H2,1-4H3. The Bertz CT molecular complexity index is 343. The number of ether oxygens (including phenoxy) is 2. The van der Waals surface area contributed by atoms with E-state index in [1.807, 2.05) is 20.8 Å². The lowest BCUT2D eigenvalue weighted by Gasteiger charge is -2.65. The van der Waals surface area contributed by atoms with E-state index >= 15 is 0 Å². The van der Waals surface area contributed by atoms with Crippen LogP contribution in [-0.2, 0) is 9.47 Å². The molecule has 3 atom stereocenters. The van der Waals surface area contributed by atoms with Gasteiger partial charge in [0.15, 0.2) is 6.29 Å². The van der Waals surface area contributed by atoms with E-state index in [0.717, 1.165) is 31.1 Å². The van der Waals surface area contributed by atoms with Crippen LogP contribution in [-0.4, -0.2) is 29.7 Å². The molecular weight excluding hydrogens is 240 g/mol. The fourth-order valence-electron chi connectivity index (χ4n) is 5.43. The Balaban J connectivity index is 1.89. The second kappa shape index (κ2) is 4.19. The molecule has 4 fully saturated rings. The SMILES string of the molecule is COC(C)OC12CC3CC(C1)CC(C(C)(C)O)(C3)C2. The molecule has 4 aliphatic carbocycles. The summed E-state index contributed by atoms with van der Waals surface area (Å²) in [7, 11) is 1.71. The largest absolute Gasteiger partial charge is 0.390 e. The first-order valence-electron chi connectivity index (χ1n) is 7.71. The molecule has 4 bridgehead atoms. The predicted octanol–water partition coefficient (Wildman–Crippen LogP) is 3.11. The molecule has 0 heterocycles. The van der Waals surface area contributed by atoms with Crippen molar-refractivity contribution in [1.29, 1.82) is 0 Å². The highest BCUT2D eigenvalue weighted by Gasteiger charge is 2.62. The number of aliphatic hydroxyl groups is 1. The summed E-state index contributed by atoms with van der Waals surface area (Å²) in [6.45, 7) is 5.97. The first kappa shape index (κ1) is 13.8. The summed E-state index contributed by atoms with van der Waals surface area (Å²) in [5, 5.41) is 10.7. The smallest absolute Gasteiger partial charge is 0.155 e. The van der Waals surface area contributed by atoms with Gasteiger partial charge in [-0.25, -0.2) is 0 Å². The Morgan fingerprint density at radius 1 is 1.16 bits per heavy atom. The predicted molar refractivity (Wildman–Crippen MR) is 73.7 cm³/mol. The van der Waals surface area contributed by atoms with Gasteiger partial charge in [0.1, 0.15) is 0 Å². The second-order valence-electron chi connectivity index (χ2n) is 7.90. The summed E-state index contributed by atoms with van der Waals surface area (Å²) < 4.78 is 11.6. The van der Waals surface area contributed by atoms with E-state index in [1.165, 1.54) is 19.3 Å². The zero-order valence-electron chi connectivity index (χ0n) is 12.7. The Hall–Kier alpha value is -0.120. The summed E-state index contributed by atoms with van der Waals surface area (Å²) in [4.78, 5) is 0. The van der Waals surface area contributed by atoms with E-state index < -0.39 is 5.60 Å². The third-order valence-electron chi connectivity index (χ3n) is 6.05. The molecule has 4 saturated carbocycles. The lowest BCUT2D eigenvalue weighted by molar-refractivity contribution is -0.280. The number of hydrogen-bond acceptors (Lipinski definition) is 3. The van der Waals surface area contributed by atoms with Crippen LogP contribution in [0.25, 0.3) is 0 Å². The average Bonchev–Trinajstić information content (AvgIpc) is 2.24. The Labute approximate surface area is 116 Å². The van der Waals surface area contributed by atoms with E-state index in [-0.39, 0.29) is 17.3 Å². The summed E-state index contributed by atoms with van der Waals surface area (Å²) in [5.41, 5.74) is -0.584. The summed E-state index contributed by atoms with van der Waals surface area (Å²) in [6, 6.07) is 0. The molecule has 3 nitrogen and oxygen atoms in total. The third kappa shape index (κ3) is 2.14. The number of methoxy groups -OCH3 is 1. The highest BCUT2D eigenvalue weighted by molar-refractivity contribution is 5.13. The van der Waals surface area contributed by atoms with Crippen LogP contribution in [0.2, 0.25) is 0 Å². The monoisotopic (exact) mass is 268 g/mol. The summed E-state index contributed by atoms with van der Waals surface area (Å²) >= 11 is 0. The molecule has 4 aliphatic rings. The van der Waals surface area contributed by atoms with Crippen LogP contribution < -0.4 is 0 Å². The fourth-order valence-corrected chi connectivity index (χ4v) is 5.43. The normalized spacial score (nSPS) is 46.6. The molecule has 3 heteroatoms. The fraction of sp³-hybridized carbons (Fsp3) is 1.00. The molecule has 4 rings (SSSR count). The average molecular weight is 268 g/mol. The van der Waals surface area contributed by atoms with Crippen LogP contribution in [0.5, 0.6) is 0 Å². The molecule has 110 valence electrons. The minimum atomic E-state index is -0.602. The molecule has 0 amide bonds. The van der Waals surface area contributed by atoms with Gasteiger partial charge in [-0.2, -0.15) is 0 Å². The van der Waals surface area contributed by atoms with E-state index in [9.17, 15) is 5.11 Å². The van der Waals surface area contributed by atoms with Crippen molar-refractivity contribution in [3.05, 3.63) is 0 Å². The maximum Gasteiger partial charge on any atom is 0.155 e. The highest BCUT2D eigenvalue weighted by atomic mass is 16.7. The first-order valence-corrected chi connectivity index (χ1v) is 7.71. The van der Waals surface area contributed by atoms with Crippen molar-refractivity contribution in [2.24, 2.45) is 17.3 Å². The van der Waals surface area contributed by atoms with Crippen molar-refractivity contribution >= 4 is 0 Å². The lowest BCUT2D eigenvalue weighted by Crippen LogP contribution is -2.63. The molecule has 0 aromatic rings. The van der Waals surface area contributed by atoms with Gasteiger partial charge >= 0.3 is 0 Å². The molecule has 0 spiro atoms. The van der Waals surface area contributed by atoms with Crippen LogP contribution in [0.4, 0.5) is 0 Å². The summed E-state index contributed by atoms with van der Waals surface area (Å²) in [5.74, 6) is 1.47. The molecule has 0 aliphatic heterocycles. The van der Waals surface area contributed by atoms with Gasteiger partial charge in [-0.1, -0.05) is 0 Å². The molecule has 0 saturated heterocycles. The highest BCUT2D eigenvalue weighted by Crippen LogP contribution is 2.66. The van der Waals surface area contributed by atoms with Gasteiger partial charge in [0.2, 0.25) is 0 Å². The first-order chi connectivity index (χ1) is 8.78. The molecule has 1 N–H and O–H groups in total. The van der Waals surface area contributed by atoms with Gasteiger partial charge in [-0.3, -0.25) is 0 Å². The minimum absolute atomic E-state index is 0.0422. The van der Waals surface area contributed by atoms with E-state index in [2.05, 4.69) is 0 Å². The zero-order valence-corrected chi connectivity index (χ0v) is 12.7. The Morgan fingerprint density at radius 3 is 2.21 bits per heavy atom. The van der Waals surface area contributed by atoms with Crippen molar-refractivity contribution in [3.8, 4) is 0 Å². The van der Waals surface area contributed by atoms with Crippen LogP contribution >= 0.6 is 0 Å². The Morgan fingerprint density at radius 2 is 1.74 bits per heavy atom. The van der Waals surface area contributed by atoms with E-state index in [4.69, 9.17) is 9.47 Å². The van der Waals surface area contributed by atoms with Crippen LogP contribution in [0.15, 0.2) is 0 Å². The maximum atomic E-state index is 10.7. The van der Waals surface area contributed by atoms with Gasteiger partial charge in [0.05, 0.1) is 11.2 Å². The van der Waals surface area contributed by atoms with Crippen molar-refractivity contribution in [1.82, 2.24) is 0 Å². The quantitative estimate of drug-likeness (QED) is 0.796. The maximum absolute atomic E-state index is 10.7. The van der Waals surface area contributed by atoms with Crippen molar-refractivity contribution in [3.63, 3.8) is 0 Å². The molecular formula is C16H28O3. The van der Waals surface area contributed by atoms with Gasteiger partial charge in [-0.05, 0) is 71.1 Å². The van der Waals surface area contributed by atoms with Crippen molar-refractivity contribution < 1.29 is 14.6 Å². The zero-order chi connectivity index (χ0) is 13.9. The molecule has 19 heavy (non-hydrogen) atoms. The molecule has 0 aromatic carbocycles. The third-order valence-corrected chi connectivity index (χ3v) is 6.05. The van der Waals surface area contributed by atoms with Gasteiger partial charge in [0.25, 0.3) is 0 Å². The van der Waals surface area contributed by atoms with E-state index in [0.29, 0.717) is 0 Å². The van der Waals surface area contributed by atoms with Gasteiger partial charge < -0.3 is 14.6 Å². The lowest BCUT2D eigenvalue weighted by atomic mass is 9.44. The minimum Gasteiger partial charge on any atom is -0.390 e. The van der Waals surface area contributed by atoms with E-state index in [1.54, 1.807) is 7.11 Å². The summed E-state index contributed by atoms with van der Waals surface area (Å²) in [6.07, 6.45) is 6.88. The van der Waals surface area contributed by atoms with Crippen molar-refractivity contribution in [2.75, 3.05) is 7.11 Å². The molecule has 0 aromatic heterocycles. The van der Waals surface area contributed by atoms with Gasteiger partial charge in [0, 0.05) is 12.5 Å². The van der Waals surface area contributed by atoms with Crippen LogP contribution in [0.3, 0.4) is 0 Å². The van der Waals surface area contributed by atoms with Crippen molar-refractivity contribution in [2.45, 2.75) is 76.8 Å². The van der Waals surface area contributed by atoms with Gasteiger partial charge in [-0.15, -0.1) is 0 Å². The van der Waals surface area contributed by atoms with Crippen LogP contribution in [0.1, 0.15) is 59.3 Å². The molecule has 3 unspecified atom stereocenters. The number of rotatable bonds is 4. The number of hydrogen-bond donors (Lipinski definition) is 1. The Kier molecular flexibility index (Phi) is 3.05. The topological polar surface area (TPSA) is 38.7 Å².